The molecule has 3 rings (SSSR count). The average Bonchev–Trinajstić information content (AvgIpc) is 2.90. The molecule has 0 spiro atoms. The van der Waals surface area contributed by atoms with Gasteiger partial charge in [-0.2, -0.15) is 0 Å². The monoisotopic (exact) mass is 359 g/mol. The van der Waals surface area contributed by atoms with Gasteiger partial charge in [0.2, 0.25) is 11.8 Å². The number of rotatable bonds is 3. The molecule has 0 saturated carbocycles. The Hall–Kier alpha value is -1.73. The van der Waals surface area contributed by atoms with E-state index in [0.717, 1.165) is 38.1 Å². The maximum Gasteiger partial charge on any atom is 0.227 e. The van der Waals surface area contributed by atoms with Crippen LogP contribution in [0.5, 0.6) is 0 Å². The zero-order chi connectivity index (χ0) is 16.4. The van der Waals surface area contributed by atoms with Crippen LogP contribution in [0.3, 0.4) is 0 Å². The second-order valence-electron chi connectivity index (χ2n) is 6.05. The molecule has 1 aromatic rings. The van der Waals surface area contributed by atoms with Gasteiger partial charge in [-0.25, -0.2) is 8.78 Å². The Morgan fingerprint density at radius 3 is 2.79 bits per heavy atom. The van der Waals surface area contributed by atoms with Crippen LogP contribution in [0.2, 0.25) is 0 Å². The largest absolute Gasteiger partial charge is 0.352 e. The predicted molar refractivity (Wildman–Crippen MR) is 88.1 cm³/mol. The summed E-state index contributed by atoms with van der Waals surface area (Å²) in [5.74, 6) is -2.50. The molecule has 0 aromatic heterocycles. The van der Waals surface area contributed by atoms with Crippen LogP contribution in [0, 0.1) is 17.6 Å². The van der Waals surface area contributed by atoms with Gasteiger partial charge in [0, 0.05) is 31.6 Å². The van der Waals surface area contributed by atoms with Crippen molar-refractivity contribution in [2.45, 2.75) is 25.3 Å². The Kier molecular flexibility index (Phi) is 6.12. The minimum atomic E-state index is -0.795. The van der Waals surface area contributed by atoms with Gasteiger partial charge in [-0.05, 0) is 31.5 Å². The molecule has 2 atom stereocenters. The van der Waals surface area contributed by atoms with E-state index in [1.165, 1.54) is 11.0 Å². The maximum absolute atomic E-state index is 13.8. The summed E-state index contributed by atoms with van der Waals surface area (Å²) in [6, 6.07) is 3.15. The standard InChI is InChI=1S/C16H19F2N3O2.ClH/c17-11-3-4-14(13(18)7-11)21-9-10(6-15(21)22)16(23)20-12-2-1-5-19-8-12;/h3-4,7,10,12,19H,1-2,5-6,8-9H2,(H,20,23);1H/t10?,12-;/m0./s1. The first-order valence-corrected chi connectivity index (χ1v) is 7.81. The highest BCUT2D eigenvalue weighted by molar-refractivity contribution is 6.00. The van der Waals surface area contributed by atoms with Gasteiger partial charge in [0.15, 0.2) is 0 Å². The fraction of sp³-hybridized carbons (Fsp3) is 0.500. The lowest BCUT2D eigenvalue weighted by Crippen LogP contribution is -2.47. The van der Waals surface area contributed by atoms with Crippen molar-refractivity contribution in [3.8, 4) is 0 Å². The molecule has 2 aliphatic heterocycles. The Labute approximate surface area is 145 Å². The first-order valence-electron chi connectivity index (χ1n) is 7.81. The quantitative estimate of drug-likeness (QED) is 0.862. The van der Waals surface area contributed by atoms with Gasteiger partial charge in [-0.3, -0.25) is 9.59 Å². The van der Waals surface area contributed by atoms with Gasteiger partial charge in [0.25, 0.3) is 0 Å². The van der Waals surface area contributed by atoms with Crippen LogP contribution in [0.25, 0.3) is 0 Å². The molecule has 5 nitrogen and oxygen atoms in total. The van der Waals surface area contributed by atoms with Crippen molar-refractivity contribution in [2.75, 3.05) is 24.5 Å². The summed E-state index contributed by atoms with van der Waals surface area (Å²) in [4.78, 5) is 25.6. The van der Waals surface area contributed by atoms with E-state index in [4.69, 9.17) is 0 Å². The average molecular weight is 360 g/mol. The first-order chi connectivity index (χ1) is 11.0. The van der Waals surface area contributed by atoms with Gasteiger partial charge in [-0.1, -0.05) is 0 Å². The molecule has 0 radical (unpaired) electrons. The van der Waals surface area contributed by atoms with Crippen LogP contribution >= 0.6 is 12.4 Å². The Morgan fingerprint density at radius 2 is 2.12 bits per heavy atom. The van der Waals surface area contributed by atoms with Gasteiger partial charge in [0.05, 0.1) is 11.6 Å². The van der Waals surface area contributed by atoms with Gasteiger partial charge < -0.3 is 15.5 Å². The third-order valence-electron chi connectivity index (χ3n) is 4.34. The summed E-state index contributed by atoms with van der Waals surface area (Å²) in [6.07, 6.45) is 1.96. The molecular weight excluding hydrogens is 340 g/mol. The third-order valence-corrected chi connectivity index (χ3v) is 4.34. The topological polar surface area (TPSA) is 61.4 Å². The zero-order valence-corrected chi connectivity index (χ0v) is 13.9. The molecule has 1 aromatic carbocycles. The highest BCUT2D eigenvalue weighted by Gasteiger charge is 2.36. The van der Waals surface area contributed by atoms with E-state index in [0.29, 0.717) is 0 Å². The number of piperidine rings is 1. The van der Waals surface area contributed by atoms with E-state index in [2.05, 4.69) is 10.6 Å². The van der Waals surface area contributed by atoms with Crippen molar-refractivity contribution >= 4 is 29.9 Å². The lowest BCUT2D eigenvalue weighted by atomic mass is 10.0. The summed E-state index contributed by atoms with van der Waals surface area (Å²) >= 11 is 0. The fourth-order valence-electron chi connectivity index (χ4n) is 3.11. The van der Waals surface area contributed by atoms with Crippen LogP contribution in [0.1, 0.15) is 19.3 Å². The van der Waals surface area contributed by atoms with Gasteiger partial charge in [0.1, 0.15) is 11.6 Å². The van der Waals surface area contributed by atoms with E-state index < -0.39 is 17.6 Å². The third kappa shape index (κ3) is 4.02. The van der Waals surface area contributed by atoms with E-state index >= 15 is 0 Å². The number of nitrogens with one attached hydrogen (secondary N) is 2. The van der Waals surface area contributed by atoms with Crippen LogP contribution in [-0.2, 0) is 9.59 Å². The molecule has 0 bridgehead atoms. The normalized spacial score (nSPS) is 23.8. The van der Waals surface area contributed by atoms with Crippen LogP contribution in [-0.4, -0.2) is 37.5 Å². The van der Waals surface area contributed by atoms with Crippen molar-refractivity contribution in [1.29, 1.82) is 0 Å². The predicted octanol–water partition coefficient (Wildman–Crippen LogP) is 1.61. The lowest BCUT2D eigenvalue weighted by molar-refractivity contribution is -0.127. The van der Waals surface area contributed by atoms with E-state index in [1.807, 2.05) is 0 Å². The zero-order valence-electron chi connectivity index (χ0n) is 13.1. The van der Waals surface area contributed by atoms with Crippen molar-refractivity contribution in [3.05, 3.63) is 29.8 Å². The molecule has 2 heterocycles. The summed E-state index contributed by atoms with van der Waals surface area (Å²) in [6.45, 7) is 1.79. The number of amides is 2. The number of carbonyl (C=O) groups is 2. The highest BCUT2D eigenvalue weighted by atomic mass is 35.5. The molecular formula is C16H20ClF2N3O2. The molecule has 2 amide bonds. The van der Waals surface area contributed by atoms with Crippen molar-refractivity contribution in [2.24, 2.45) is 5.92 Å². The molecule has 2 aliphatic rings. The smallest absolute Gasteiger partial charge is 0.227 e. The lowest BCUT2D eigenvalue weighted by Gasteiger charge is -2.25. The Bertz CT molecular complexity index is 623. The minimum Gasteiger partial charge on any atom is -0.352 e. The Balaban J connectivity index is 0.00000208. The summed E-state index contributed by atoms with van der Waals surface area (Å²) in [5, 5.41) is 6.15. The first kappa shape index (κ1) is 18.6. The van der Waals surface area contributed by atoms with E-state index in [9.17, 15) is 18.4 Å². The molecule has 2 N–H and O–H groups in total. The van der Waals surface area contributed by atoms with Gasteiger partial charge >= 0.3 is 0 Å². The summed E-state index contributed by atoms with van der Waals surface area (Å²) in [5.41, 5.74) is 0.0195. The van der Waals surface area contributed by atoms with E-state index in [1.54, 1.807) is 0 Å². The number of carbonyl (C=O) groups excluding carboxylic acids is 2. The van der Waals surface area contributed by atoms with Crippen molar-refractivity contribution < 1.29 is 18.4 Å². The second-order valence-corrected chi connectivity index (χ2v) is 6.05. The van der Waals surface area contributed by atoms with Crippen LogP contribution < -0.4 is 15.5 Å². The molecule has 24 heavy (non-hydrogen) atoms. The molecule has 8 heteroatoms. The summed E-state index contributed by atoms with van der Waals surface area (Å²) < 4.78 is 26.8. The number of benzene rings is 1. The van der Waals surface area contributed by atoms with Crippen LogP contribution in [0.15, 0.2) is 18.2 Å². The van der Waals surface area contributed by atoms with Crippen molar-refractivity contribution in [1.82, 2.24) is 10.6 Å². The fourth-order valence-corrected chi connectivity index (χ4v) is 3.11. The second kappa shape index (κ2) is 7.90. The number of hydrogen-bond donors (Lipinski definition) is 2. The van der Waals surface area contributed by atoms with Gasteiger partial charge in [-0.15, -0.1) is 12.4 Å². The Morgan fingerprint density at radius 1 is 1.33 bits per heavy atom. The van der Waals surface area contributed by atoms with Crippen molar-refractivity contribution in [3.63, 3.8) is 0 Å². The van der Waals surface area contributed by atoms with Crippen LogP contribution in [0.4, 0.5) is 14.5 Å². The number of anilines is 1. The molecule has 0 aliphatic carbocycles. The molecule has 132 valence electrons. The number of hydrogen-bond acceptors (Lipinski definition) is 3. The summed E-state index contributed by atoms with van der Waals surface area (Å²) in [7, 11) is 0. The highest BCUT2D eigenvalue weighted by Crippen LogP contribution is 2.28. The number of nitrogens with zero attached hydrogens (tertiary/aromatic N) is 1. The molecule has 1 unspecified atom stereocenters. The molecule has 2 fully saturated rings. The van der Waals surface area contributed by atoms with E-state index in [-0.39, 0.29) is 48.9 Å². The molecule has 2 saturated heterocycles. The maximum atomic E-state index is 13.8. The number of halogens is 3. The SMILES string of the molecule is Cl.O=C(N[C@H]1CCCNC1)C1CC(=O)N(c2ccc(F)cc2F)C1. The minimum absolute atomic E-state index is 0.